The van der Waals surface area contributed by atoms with Gasteiger partial charge in [-0.25, -0.2) is 4.79 Å². The summed E-state index contributed by atoms with van der Waals surface area (Å²) < 4.78 is 0. The summed E-state index contributed by atoms with van der Waals surface area (Å²) in [6.07, 6.45) is 0. The SMILES string of the molecule is Cc1ccc(C(=O)NC(C)C(=O)NC(C(=O)O)C(C)C)cc1. The molecule has 0 heterocycles. The minimum Gasteiger partial charge on any atom is -0.480 e. The molecular weight excluding hydrogens is 284 g/mol. The summed E-state index contributed by atoms with van der Waals surface area (Å²) in [5, 5.41) is 14.0. The minimum atomic E-state index is -1.10. The molecule has 0 aliphatic heterocycles. The van der Waals surface area contributed by atoms with Gasteiger partial charge in [0.25, 0.3) is 5.91 Å². The van der Waals surface area contributed by atoms with E-state index in [2.05, 4.69) is 10.6 Å². The van der Waals surface area contributed by atoms with Gasteiger partial charge in [-0.3, -0.25) is 9.59 Å². The number of aryl methyl sites for hydroxylation is 1. The summed E-state index contributed by atoms with van der Waals surface area (Å²) in [6, 6.07) is 5.14. The lowest BCUT2D eigenvalue weighted by Crippen LogP contribution is -2.52. The predicted octanol–water partition coefficient (Wildman–Crippen LogP) is 1.34. The molecule has 120 valence electrons. The second-order valence-corrected chi connectivity index (χ2v) is 5.63. The van der Waals surface area contributed by atoms with Crippen LogP contribution in [0, 0.1) is 12.8 Å². The van der Waals surface area contributed by atoms with Crippen molar-refractivity contribution in [1.29, 1.82) is 0 Å². The fraction of sp³-hybridized carbons (Fsp3) is 0.438. The van der Waals surface area contributed by atoms with Crippen LogP contribution in [0.25, 0.3) is 0 Å². The molecule has 6 nitrogen and oxygen atoms in total. The van der Waals surface area contributed by atoms with Crippen molar-refractivity contribution in [3.63, 3.8) is 0 Å². The van der Waals surface area contributed by atoms with Crippen LogP contribution in [-0.2, 0) is 9.59 Å². The first-order valence-electron chi connectivity index (χ1n) is 7.13. The van der Waals surface area contributed by atoms with E-state index in [1.807, 2.05) is 6.92 Å². The van der Waals surface area contributed by atoms with Crippen LogP contribution in [0.3, 0.4) is 0 Å². The molecule has 0 bridgehead atoms. The number of benzene rings is 1. The number of carbonyl (C=O) groups excluding carboxylic acids is 2. The zero-order valence-corrected chi connectivity index (χ0v) is 13.2. The van der Waals surface area contributed by atoms with E-state index >= 15 is 0 Å². The lowest BCUT2D eigenvalue weighted by atomic mass is 10.0. The summed E-state index contributed by atoms with van der Waals surface area (Å²) in [5.74, 6) is -2.25. The van der Waals surface area contributed by atoms with Gasteiger partial charge in [0.15, 0.2) is 0 Å². The van der Waals surface area contributed by atoms with E-state index in [-0.39, 0.29) is 11.8 Å². The van der Waals surface area contributed by atoms with Crippen LogP contribution in [0.15, 0.2) is 24.3 Å². The van der Waals surface area contributed by atoms with E-state index in [1.165, 1.54) is 6.92 Å². The third-order valence-electron chi connectivity index (χ3n) is 3.29. The van der Waals surface area contributed by atoms with E-state index in [0.717, 1.165) is 5.56 Å². The third-order valence-corrected chi connectivity index (χ3v) is 3.29. The highest BCUT2D eigenvalue weighted by molar-refractivity contribution is 5.98. The first-order valence-corrected chi connectivity index (χ1v) is 7.13. The molecule has 6 heteroatoms. The standard InChI is InChI=1S/C16H22N2O4/c1-9(2)13(16(21)22)18-14(19)11(4)17-15(20)12-7-5-10(3)6-8-12/h5-9,11,13H,1-4H3,(H,17,20)(H,18,19)(H,21,22). The fourth-order valence-electron chi connectivity index (χ4n) is 1.84. The number of carboxylic acids is 1. The van der Waals surface area contributed by atoms with Crippen LogP contribution in [0.1, 0.15) is 36.7 Å². The second-order valence-electron chi connectivity index (χ2n) is 5.63. The topological polar surface area (TPSA) is 95.5 Å². The van der Waals surface area contributed by atoms with Crippen molar-refractivity contribution in [2.75, 3.05) is 0 Å². The number of carboxylic acid groups (broad SMARTS) is 1. The lowest BCUT2D eigenvalue weighted by molar-refractivity contribution is -0.143. The van der Waals surface area contributed by atoms with Crippen molar-refractivity contribution in [1.82, 2.24) is 10.6 Å². The Labute approximate surface area is 129 Å². The Bertz CT molecular complexity index is 552. The number of nitrogens with one attached hydrogen (secondary N) is 2. The van der Waals surface area contributed by atoms with Crippen molar-refractivity contribution < 1.29 is 19.5 Å². The highest BCUT2D eigenvalue weighted by Gasteiger charge is 2.26. The van der Waals surface area contributed by atoms with Crippen molar-refractivity contribution in [3.05, 3.63) is 35.4 Å². The first-order chi connectivity index (χ1) is 10.2. The van der Waals surface area contributed by atoms with Gasteiger partial charge >= 0.3 is 5.97 Å². The Kier molecular flexibility index (Phi) is 6.10. The molecule has 2 amide bonds. The third kappa shape index (κ3) is 4.87. The maximum Gasteiger partial charge on any atom is 0.326 e. The molecule has 0 saturated carbocycles. The zero-order valence-electron chi connectivity index (χ0n) is 13.2. The van der Waals surface area contributed by atoms with Crippen molar-refractivity contribution in [2.24, 2.45) is 5.92 Å². The van der Waals surface area contributed by atoms with E-state index in [0.29, 0.717) is 5.56 Å². The molecule has 0 aliphatic carbocycles. The van der Waals surface area contributed by atoms with Gasteiger partial charge in [0, 0.05) is 5.56 Å². The van der Waals surface area contributed by atoms with Gasteiger partial charge in [-0.2, -0.15) is 0 Å². The maximum atomic E-state index is 12.0. The van der Waals surface area contributed by atoms with Crippen molar-refractivity contribution >= 4 is 17.8 Å². The number of hydrogen-bond donors (Lipinski definition) is 3. The van der Waals surface area contributed by atoms with Crippen LogP contribution in [0.5, 0.6) is 0 Å². The molecule has 0 spiro atoms. The smallest absolute Gasteiger partial charge is 0.326 e. The normalized spacial score (nSPS) is 13.3. The molecule has 1 aromatic rings. The molecule has 3 N–H and O–H groups in total. The van der Waals surface area contributed by atoms with E-state index in [1.54, 1.807) is 38.1 Å². The van der Waals surface area contributed by atoms with Gasteiger partial charge in [-0.15, -0.1) is 0 Å². The molecule has 22 heavy (non-hydrogen) atoms. The zero-order chi connectivity index (χ0) is 16.9. The Morgan fingerprint density at radius 1 is 1.00 bits per heavy atom. The largest absolute Gasteiger partial charge is 0.480 e. The summed E-state index contributed by atoms with van der Waals surface area (Å²) in [6.45, 7) is 6.83. The Balaban J connectivity index is 2.65. The first kappa shape index (κ1) is 17.7. The number of rotatable bonds is 6. The molecule has 0 aliphatic rings. The highest BCUT2D eigenvalue weighted by atomic mass is 16.4. The van der Waals surface area contributed by atoms with E-state index in [9.17, 15) is 14.4 Å². The fourth-order valence-corrected chi connectivity index (χ4v) is 1.84. The number of aliphatic carboxylic acids is 1. The molecule has 0 aromatic heterocycles. The molecule has 0 saturated heterocycles. The molecule has 1 rings (SSSR count). The molecule has 1 aromatic carbocycles. The molecule has 0 radical (unpaired) electrons. The maximum absolute atomic E-state index is 12.0. The predicted molar refractivity (Wildman–Crippen MR) is 82.5 cm³/mol. The average molecular weight is 306 g/mol. The molecule has 2 unspecified atom stereocenters. The Hall–Kier alpha value is -2.37. The monoisotopic (exact) mass is 306 g/mol. The van der Waals surface area contributed by atoms with Crippen molar-refractivity contribution in [3.8, 4) is 0 Å². The van der Waals surface area contributed by atoms with Gasteiger partial charge in [-0.05, 0) is 31.9 Å². The second kappa shape index (κ2) is 7.59. The van der Waals surface area contributed by atoms with E-state index < -0.39 is 24.0 Å². The summed E-state index contributed by atoms with van der Waals surface area (Å²) in [7, 11) is 0. The van der Waals surface area contributed by atoms with Gasteiger partial charge in [0.05, 0.1) is 0 Å². The Morgan fingerprint density at radius 3 is 2.00 bits per heavy atom. The Morgan fingerprint density at radius 2 is 1.55 bits per heavy atom. The number of carbonyl (C=O) groups is 3. The minimum absolute atomic E-state index is 0.249. The molecule has 0 fully saturated rings. The summed E-state index contributed by atoms with van der Waals surface area (Å²) in [4.78, 5) is 35.1. The van der Waals surface area contributed by atoms with Gasteiger partial charge in [-0.1, -0.05) is 31.5 Å². The highest BCUT2D eigenvalue weighted by Crippen LogP contribution is 2.05. The summed E-state index contributed by atoms with van der Waals surface area (Å²) >= 11 is 0. The number of amides is 2. The van der Waals surface area contributed by atoms with Crippen LogP contribution in [0.2, 0.25) is 0 Å². The quantitative estimate of drug-likeness (QED) is 0.739. The number of hydrogen-bond acceptors (Lipinski definition) is 3. The van der Waals surface area contributed by atoms with Crippen LogP contribution in [-0.4, -0.2) is 35.0 Å². The van der Waals surface area contributed by atoms with E-state index in [4.69, 9.17) is 5.11 Å². The lowest BCUT2D eigenvalue weighted by Gasteiger charge is -2.21. The van der Waals surface area contributed by atoms with Crippen molar-refractivity contribution in [2.45, 2.75) is 39.8 Å². The molecule has 2 atom stereocenters. The van der Waals surface area contributed by atoms with Crippen LogP contribution in [0.4, 0.5) is 0 Å². The summed E-state index contributed by atoms with van der Waals surface area (Å²) in [5.41, 5.74) is 1.48. The van der Waals surface area contributed by atoms with Crippen LogP contribution < -0.4 is 10.6 Å². The van der Waals surface area contributed by atoms with Gasteiger partial charge < -0.3 is 15.7 Å². The van der Waals surface area contributed by atoms with Crippen LogP contribution >= 0.6 is 0 Å². The van der Waals surface area contributed by atoms with Gasteiger partial charge in [0.1, 0.15) is 12.1 Å². The van der Waals surface area contributed by atoms with Gasteiger partial charge in [0.2, 0.25) is 5.91 Å². The average Bonchev–Trinajstić information content (AvgIpc) is 2.44. The molecular formula is C16H22N2O4.